The van der Waals surface area contributed by atoms with Gasteiger partial charge in [0.05, 0.1) is 16.7 Å². The summed E-state index contributed by atoms with van der Waals surface area (Å²) in [6, 6.07) is 61.9. The van der Waals surface area contributed by atoms with Crippen LogP contribution in [0, 0.1) is 0 Å². The molecule has 12 rings (SSSR count). The number of para-hydroxylation sites is 2. The van der Waals surface area contributed by atoms with Gasteiger partial charge in [0.2, 0.25) is 17.1 Å². The second-order valence-corrected chi connectivity index (χ2v) is 15.2. The third kappa shape index (κ3) is 4.27. The Labute approximate surface area is 314 Å². The van der Waals surface area contributed by atoms with E-state index in [1.54, 1.807) is 0 Å². The third-order valence-electron chi connectivity index (χ3n) is 11.1. The van der Waals surface area contributed by atoms with Crippen LogP contribution < -0.4 is 13.7 Å². The van der Waals surface area contributed by atoms with E-state index in [2.05, 4.69) is 207 Å². The summed E-state index contributed by atoms with van der Waals surface area (Å²) in [6.45, 7) is 0. The van der Waals surface area contributed by atoms with Gasteiger partial charge < -0.3 is 4.57 Å². The molecule has 0 fully saturated rings. The normalized spacial score (nSPS) is 12.1. The number of nitrogens with zero attached hydrogens (tertiary/aromatic N) is 4. The van der Waals surface area contributed by atoms with Crippen molar-refractivity contribution < 1.29 is 13.7 Å². The Balaban J connectivity index is 1.12. The van der Waals surface area contributed by atoms with Crippen molar-refractivity contribution >= 4 is 64.1 Å². The van der Waals surface area contributed by atoms with E-state index in [0.717, 1.165) is 22.7 Å². The van der Waals surface area contributed by atoms with Crippen molar-refractivity contribution in [2.24, 2.45) is 0 Å². The minimum Gasteiger partial charge on any atom is -0.309 e. The van der Waals surface area contributed by atoms with Crippen molar-refractivity contribution in [3.05, 3.63) is 189 Å². The zero-order chi connectivity index (χ0) is 35.3. The molecule has 0 bridgehead atoms. The lowest BCUT2D eigenvalue weighted by Gasteiger charge is -2.14. The third-order valence-corrected chi connectivity index (χ3v) is 12.3. The minimum absolute atomic E-state index is 1.07. The molecular weight excluding hydrogens is 677 g/mol. The molecule has 0 unspecified atom stereocenters. The van der Waals surface area contributed by atoms with E-state index >= 15 is 0 Å². The van der Waals surface area contributed by atoms with Gasteiger partial charge in [0, 0.05) is 67.3 Å². The van der Waals surface area contributed by atoms with Crippen LogP contribution in [-0.4, -0.2) is 4.57 Å². The maximum atomic E-state index is 2.47. The number of hydrogen-bond acceptors (Lipinski definition) is 1. The van der Waals surface area contributed by atoms with E-state index in [9.17, 15) is 0 Å². The zero-order valence-electron chi connectivity index (χ0n) is 29.1. The average molecular weight is 708 g/mol. The van der Waals surface area contributed by atoms with E-state index in [0.29, 0.717) is 0 Å². The van der Waals surface area contributed by atoms with Crippen LogP contribution in [0.1, 0.15) is 0 Å². The highest BCUT2D eigenvalue weighted by molar-refractivity contribution is 7.25. The van der Waals surface area contributed by atoms with Crippen LogP contribution in [0.25, 0.3) is 97.8 Å². The fraction of sp³-hybridized carbons (Fsp3) is 0. The summed E-state index contributed by atoms with van der Waals surface area (Å²) in [5.74, 6) is 0. The standard InChI is InChI=1S/C49H31N4S/c1-3-13-33(14-4-1)50-29-51(34-15-5-2-6-16-34)31-52(30-50)35-17-10-18-36(26-35)53-43-22-11-21-39-41-28-46-42(37-19-7-8-23-45(37)54-46)27-40(41)38-20-9-12-32-24-25-44(53)49(47(32)38)48(39)43/h1-31H/q+3. The molecule has 0 spiro atoms. The highest BCUT2D eigenvalue weighted by Gasteiger charge is 2.28. The number of aromatic nitrogens is 4. The summed E-state index contributed by atoms with van der Waals surface area (Å²) in [5.41, 5.74) is 12.0. The molecule has 250 valence electrons. The maximum absolute atomic E-state index is 2.47. The number of fused-ring (bicyclic) bond motifs is 6. The highest BCUT2D eigenvalue weighted by Crippen LogP contribution is 2.51. The van der Waals surface area contributed by atoms with E-state index in [-0.39, 0.29) is 0 Å². The van der Waals surface area contributed by atoms with Crippen LogP contribution >= 0.6 is 11.3 Å². The van der Waals surface area contributed by atoms with Gasteiger partial charge in [0.15, 0.2) is 0 Å². The quantitative estimate of drug-likeness (QED) is 0.162. The van der Waals surface area contributed by atoms with Crippen molar-refractivity contribution in [1.29, 1.82) is 0 Å². The number of rotatable bonds is 4. The molecule has 1 aliphatic rings. The van der Waals surface area contributed by atoms with E-state index in [4.69, 9.17) is 0 Å². The monoisotopic (exact) mass is 707 g/mol. The number of thiophene rings is 1. The molecule has 11 aromatic rings. The van der Waals surface area contributed by atoms with Crippen molar-refractivity contribution in [3.8, 4) is 45.0 Å². The van der Waals surface area contributed by atoms with Crippen LogP contribution in [-0.2, 0) is 0 Å². The molecule has 8 aromatic carbocycles. The Morgan fingerprint density at radius 2 is 0.981 bits per heavy atom. The molecule has 0 radical (unpaired) electrons. The Morgan fingerprint density at radius 3 is 1.76 bits per heavy atom. The molecule has 0 aliphatic heterocycles. The van der Waals surface area contributed by atoms with Crippen LogP contribution in [0.3, 0.4) is 0 Å². The molecule has 0 N–H and O–H groups in total. The van der Waals surface area contributed by atoms with Crippen LogP contribution in [0.2, 0.25) is 0 Å². The topological polar surface area (TPSA) is 16.6 Å². The molecular formula is C49H31N4S+3. The van der Waals surface area contributed by atoms with Crippen LogP contribution in [0.15, 0.2) is 189 Å². The van der Waals surface area contributed by atoms with Gasteiger partial charge in [0.1, 0.15) is 0 Å². The van der Waals surface area contributed by atoms with E-state index in [1.807, 2.05) is 11.3 Å². The second kappa shape index (κ2) is 11.3. The molecule has 54 heavy (non-hydrogen) atoms. The van der Waals surface area contributed by atoms with E-state index in [1.165, 1.54) is 75.0 Å². The van der Waals surface area contributed by atoms with Gasteiger partial charge in [0.25, 0.3) is 0 Å². The molecule has 3 heterocycles. The molecule has 4 nitrogen and oxygen atoms in total. The molecule has 1 aliphatic carbocycles. The first-order valence-electron chi connectivity index (χ1n) is 18.3. The summed E-state index contributed by atoms with van der Waals surface area (Å²) >= 11 is 1.89. The van der Waals surface area contributed by atoms with Crippen molar-refractivity contribution in [1.82, 2.24) is 4.57 Å². The first-order chi connectivity index (χ1) is 26.8. The second-order valence-electron chi connectivity index (χ2n) is 14.1. The van der Waals surface area contributed by atoms with Gasteiger partial charge in [-0.25, -0.2) is 0 Å². The number of benzene rings is 8. The van der Waals surface area contributed by atoms with E-state index < -0.39 is 0 Å². The Morgan fingerprint density at radius 1 is 0.370 bits per heavy atom. The molecule has 0 saturated carbocycles. The molecule has 5 heteroatoms. The fourth-order valence-corrected chi connectivity index (χ4v) is 9.88. The SMILES string of the molecule is c1ccc(-[n+]2c[n+](-c3ccccc3)c[n+](-c3cccc(-n4c5cccc6c5c5c7c(cccc7ccc54)-c4cc5c(cc4-6)sc4ccccc45)c3)c2)cc1. The first kappa shape index (κ1) is 29.6. The lowest BCUT2D eigenvalue weighted by molar-refractivity contribution is -0.858. The average Bonchev–Trinajstić information content (AvgIpc) is 3.75. The van der Waals surface area contributed by atoms with Gasteiger partial charge in [-0.2, -0.15) is 0 Å². The van der Waals surface area contributed by atoms with Crippen molar-refractivity contribution in [2.45, 2.75) is 0 Å². The lowest BCUT2D eigenvalue weighted by atomic mass is 9.92. The summed E-state index contributed by atoms with van der Waals surface area (Å²) in [4.78, 5) is 0. The van der Waals surface area contributed by atoms with Gasteiger partial charge in [-0.1, -0.05) is 111 Å². The zero-order valence-corrected chi connectivity index (χ0v) is 29.9. The molecule has 0 saturated heterocycles. The largest absolute Gasteiger partial charge is 0.428 e. The summed E-state index contributed by atoms with van der Waals surface area (Å²) < 4.78 is 11.7. The minimum atomic E-state index is 1.07. The smallest absolute Gasteiger partial charge is 0.309 e. The Hall–Kier alpha value is -6.95. The summed E-state index contributed by atoms with van der Waals surface area (Å²) in [6.07, 6.45) is 6.44. The van der Waals surface area contributed by atoms with Crippen molar-refractivity contribution in [3.63, 3.8) is 0 Å². The van der Waals surface area contributed by atoms with Crippen LogP contribution in [0.4, 0.5) is 0 Å². The fourth-order valence-electron chi connectivity index (χ4n) is 8.76. The predicted molar refractivity (Wildman–Crippen MR) is 220 cm³/mol. The summed E-state index contributed by atoms with van der Waals surface area (Å²) in [7, 11) is 0. The first-order valence-corrected chi connectivity index (χ1v) is 19.1. The molecule has 3 aromatic heterocycles. The number of hydrogen-bond donors (Lipinski definition) is 0. The molecule has 0 atom stereocenters. The van der Waals surface area contributed by atoms with Crippen molar-refractivity contribution in [2.75, 3.05) is 0 Å². The van der Waals surface area contributed by atoms with Gasteiger partial charge >= 0.3 is 19.0 Å². The highest BCUT2D eigenvalue weighted by atomic mass is 32.1. The lowest BCUT2D eigenvalue weighted by Crippen LogP contribution is -2.55. The van der Waals surface area contributed by atoms with Gasteiger partial charge in [-0.05, 0) is 69.4 Å². The Kier molecular flexibility index (Phi) is 6.18. The summed E-state index contributed by atoms with van der Waals surface area (Å²) in [5, 5.41) is 7.88. The van der Waals surface area contributed by atoms with Gasteiger partial charge in [-0.15, -0.1) is 11.3 Å². The van der Waals surface area contributed by atoms with Crippen LogP contribution in [0.5, 0.6) is 0 Å². The van der Waals surface area contributed by atoms with Gasteiger partial charge in [-0.3, -0.25) is 0 Å². The Bertz CT molecular complexity index is 3270. The predicted octanol–water partition coefficient (Wildman–Crippen LogP) is 10.8. The molecule has 0 amide bonds. The maximum Gasteiger partial charge on any atom is 0.428 e.